The molecule has 1 aromatic carbocycles. The molecule has 122 valence electrons. The number of hydrogen-bond donors (Lipinski definition) is 1. The number of anilines is 2. The average molecular weight is 312 g/mol. The van der Waals surface area contributed by atoms with Gasteiger partial charge in [-0.15, -0.1) is 0 Å². The van der Waals surface area contributed by atoms with E-state index in [1.54, 1.807) is 7.11 Å². The maximum atomic E-state index is 5.31. The zero-order valence-corrected chi connectivity index (χ0v) is 14.0. The SMILES string of the molecule is CC[C@@H](C)Nc1nccc(N2CCc3cc(OC)ccc3C2)n1. The summed E-state index contributed by atoms with van der Waals surface area (Å²) in [5.74, 6) is 2.61. The molecule has 1 N–H and O–H groups in total. The van der Waals surface area contributed by atoms with Crippen LogP contribution in [0.15, 0.2) is 30.5 Å². The van der Waals surface area contributed by atoms with Crippen LogP contribution in [-0.2, 0) is 13.0 Å². The number of benzene rings is 1. The van der Waals surface area contributed by atoms with Crippen LogP contribution in [0.1, 0.15) is 31.4 Å². The third-order valence-corrected chi connectivity index (χ3v) is 4.38. The second-order valence-corrected chi connectivity index (χ2v) is 6.00. The molecule has 1 atom stereocenters. The molecule has 2 aromatic rings. The van der Waals surface area contributed by atoms with Crippen molar-refractivity contribution in [1.29, 1.82) is 0 Å². The molecule has 1 aliphatic heterocycles. The van der Waals surface area contributed by atoms with E-state index in [1.165, 1.54) is 11.1 Å². The Balaban J connectivity index is 1.76. The molecule has 0 fully saturated rings. The second-order valence-electron chi connectivity index (χ2n) is 6.00. The third kappa shape index (κ3) is 3.55. The number of rotatable bonds is 5. The van der Waals surface area contributed by atoms with Gasteiger partial charge in [-0.3, -0.25) is 0 Å². The van der Waals surface area contributed by atoms with E-state index in [-0.39, 0.29) is 0 Å². The largest absolute Gasteiger partial charge is 0.497 e. The van der Waals surface area contributed by atoms with Crippen molar-refractivity contribution in [3.05, 3.63) is 41.6 Å². The molecule has 0 saturated heterocycles. The molecule has 0 bridgehead atoms. The summed E-state index contributed by atoms with van der Waals surface area (Å²) in [6.45, 7) is 6.12. The number of methoxy groups -OCH3 is 1. The molecule has 5 nitrogen and oxygen atoms in total. The lowest BCUT2D eigenvalue weighted by molar-refractivity contribution is 0.413. The maximum absolute atomic E-state index is 5.31. The lowest BCUT2D eigenvalue weighted by Crippen LogP contribution is -2.31. The van der Waals surface area contributed by atoms with Crippen LogP contribution in [0.3, 0.4) is 0 Å². The van der Waals surface area contributed by atoms with Crippen LogP contribution in [0.4, 0.5) is 11.8 Å². The molecule has 0 spiro atoms. The standard InChI is InChI=1S/C18H24N4O/c1-4-13(2)20-18-19-9-7-17(21-18)22-10-8-14-11-16(23-3)6-5-15(14)12-22/h5-7,9,11,13H,4,8,10,12H2,1-3H3,(H,19,20,21)/t13-/m1/s1. The lowest BCUT2D eigenvalue weighted by atomic mass is 9.99. The lowest BCUT2D eigenvalue weighted by Gasteiger charge is -2.30. The Bertz CT molecular complexity index is 674. The maximum Gasteiger partial charge on any atom is 0.224 e. The summed E-state index contributed by atoms with van der Waals surface area (Å²) in [6, 6.07) is 8.68. The summed E-state index contributed by atoms with van der Waals surface area (Å²) < 4.78 is 5.31. The quantitative estimate of drug-likeness (QED) is 0.918. The van der Waals surface area contributed by atoms with Crippen molar-refractivity contribution in [3.63, 3.8) is 0 Å². The van der Waals surface area contributed by atoms with Crippen molar-refractivity contribution < 1.29 is 4.74 Å². The first-order chi connectivity index (χ1) is 11.2. The molecule has 1 aromatic heterocycles. The van der Waals surface area contributed by atoms with Crippen molar-refractivity contribution in [2.75, 3.05) is 23.9 Å². The Hall–Kier alpha value is -2.30. The van der Waals surface area contributed by atoms with Crippen molar-refractivity contribution in [1.82, 2.24) is 9.97 Å². The Morgan fingerprint density at radius 1 is 1.30 bits per heavy atom. The molecule has 0 unspecified atom stereocenters. The fraction of sp³-hybridized carbons (Fsp3) is 0.444. The van der Waals surface area contributed by atoms with Crippen LogP contribution in [0.25, 0.3) is 0 Å². The zero-order chi connectivity index (χ0) is 16.2. The van der Waals surface area contributed by atoms with E-state index >= 15 is 0 Å². The number of nitrogens with zero attached hydrogens (tertiary/aromatic N) is 3. The van der Waals surface area contributed by atoms with Crippen molar-refractivity contribution in [2.45, 2.75) is 39.3 Å². The summed E-state index contributed by atoms with van der Waals surface area (Å²) in [6.07, 6.45) is 3.88. The molecular formula is C18H24N4O. The van der Waals surface area contributed by atoms with E-state index in [0.29, 0.717) is 12.0 Å². The normalized spacial score (nSPS) is 15.0. The molecule has 1 aliphatic rings. The summed E-state index contributed by atoms with van der Waals surface area (Å²) in [5, 5.41) is 3.34. The Kier molecular flexibility index (Phi) is 4.65. The molecule has 0 saturated carbocycles. The highest BCUT2D eigenvalue weighted by molar-refractivity contribution is 5.48. The average Bonchev–Trinajstić information content (AvgIpc) is 2.60. The first kappa shape index (κ1) is 15.6. The summed E-state index contributed by atoms with van der Waals surface area (Å²) in [5.41, 5.74) is 2.71. The first-order valence-electron chi connectivity index (χ1n) is 8.20. The fourth-order valence-corrected chi connectivity index (χ4v) is 2.77. The highest BCUT2D eigenvalue weighted by atomic mass is 16.5. The number of fused-ring (bicyclic) bond motifs is 1. The molecule has 0 radical (unpaired) electrons. The van der Waals surface area contributed by atoms with Crippen LogP contribution >= 0.6 is 0 Å². The van der Waals surface area contributed by atoms with Crippen molar-refractivity contribution >= 4 is 11.8 Å². The Labute approximate surface area is 137 Å². The molecular weight excluding hydrogens is 288 g/mol. The fourth-order valence-electron chi connectivity index (χ4n) is 2.77. The van der Waals surface area contributed by atoms with Gasteiger partial charge in [0.05, 0.1) is 7.11 Å². The van der Waals surface area contributed by atoms with Gasteiger partial charge in [-0.1, -0.05) is 13.0 Å². The van der Waals surface area contributed by atoms with Gasteiger partial charge in [0.25, 0.3) is 0 Å². The van der Waals surface area contributed by atoms with Crippen molar-refractivity contribution in [2.24, 2.45) is 0 Å². The van der Waals surface area contributed by atoms with E-state index in [4.69, 9.17) is 4.74 Å². The van der Waals surface area contributed by atoms with E-state index < -0.39 is 0 Å². The van der Waals surface area contributed by atoms with Gasteiger partial charge in [-0.05, 0) is 49.1 Å². The van der Waals surface area contributed by atoms with Crippen LogP contribution in [0.2, 0.25) is 0 Å². The minimum atomic E-state index is 0.375. The van der Waals surface area contributed by atoms with Crippen LogP contribution in [-0.4, -0.2) is 29.7 Å². The molecule has 2 heterocycles. The van der Waals surface area contributed by atoms with E-state index in [2.05, 4.69) is 46.2 Å². The zero-order valence-electron chi connectivity index (χ0n) is 14.0. The topological polar surface area (TPSA) is 50.3 Å². The summed E-state index contributed by atoms with van der Waals surface area (Å²) in [7, 11) is 1.71. The van der Waals surface area contributed by atoms with Gasteiger partial charge in [0.15, 0.2) is 0 Å². The van der Waals surface area contributed by atoms with Gasteiger partial charge in [0, 0.05) is 25.3 Å². The minimum Gasteiger partial charge on any atom is -0.497 e. The van der Waals surface area contributed by atoms with E-state index in [9.17, 15) is 0 Å². The predicted molar refractivity (Wildman–Crippen MR) is 93.2 cm³/mol. The van der Waals surface area contributed by atoms with Gasteiger partial charge in [0.2, 0.25) is 5.95 Å². The Morgan fingerprint density at radius 2 is 2.17 bits per heavy atom. The van der Waals surface area contributed by atoms with Gasteiger partial charge in [-0.2, -0.15) is 4.98 Å². The smallest absolute Gasteiger partial charge is 0.224 e. The minimum absolute atomic E-state index is 0.375. The first-order valence-corrected chi connectivity index (χ1v) is 8.20. The molecule has 3 rings (SSSR count). The number of ether oxygens (including phenoxy) is 1. The second kappa shape index (κ2) is 6.86. The van der Waals surface area contributed by atoms with E-state index in [1.807, 2.05) is 18.3 Å². The summed E-state index contributed by atoms with van der Waals surface area (Å²) in [4.78, 5) is 11.3. The number of aromatic nitrogens is 2. The van der Waals surface area contributed by atoms with Gasteiger partial charge in [-0.25, -0.2) is 4.98 Å². The predicted octanol–water partition coefficient (Wildman–Crippen LogP) is 3.26. The summed E-state index contributed by atoms with van der Waals surface area (Å²) >= 11 is 0. The monoisotopic (exact) mass is 312 g/mol. The highest BCUT2D eigenvalue weighted by Gasteiger charge is 2.18. The van der Waals surface area contributed by atoms with E-state index in [0.717, 1.165) is 37.5 Å². The van der Waals surface area contributed by atoms with Gasteiger partial charge < -0.3 is 15.0 Å². The highest BCUT2D eigenvalue weighted by Crippen LogP contribution is 2.26. The molecule has 0 aliphatic carbocycles. The van der Waals surface area contributed by atoms with Crippen molar-refractivity contribution in [3.8, 4) is 5.75 Å². The van der Waals surface area contributed by atoms with Crippen LogP contribution in [0.5, 0.6) is 5.75 Å². The van der Waals surface area contributed by atoms with Gasteiger partial charge in [0.1, 0.15) is 11.6 Å². The third-order valence-electron chi connectivity index (χ3n) is 4.38. The molecule has 0 amide bonds. The Morgan fingerprint density at radius 3 is 2.96 bits per heavy atom. The number of hydrogen-bond acceptors (Lipinski definition) is 5. The van der Waals surface area contributed by atoms with Crippen LogP contribution < -0.4 is 15.0 Å². The van der Waals surface area contributed by atoms with Gasteiger partial charge >= 0.3 is 0 Å². The number of nitrogens with one attached hydrogen (secondary N) is 1. The van der Waals surface area contributed by atoms with Crippen LogP contribution in [0, 0.1) is 0 Å². The molecule has 5 heteroatoms. The molecule has 23 heavy (non-hydrogen) atoms.